The maximum Gasteiger partial charge on any atom is 0.169 e. The van der Waals surface area contributed by atoms with Gasteiger partial charge in [0.15, 0.2) is 5.79 Å². The van der Waals surface area contributed by atoms with Gasteiger partial charge in [0.1, 0.15) is 0 Å². The van der Waals surface area contributed by atoms with Gasteiger partial charge in [0, 0.05) is 19.4 Å². The van der Waals surface area contributed by atoms with Crippen molar-refractivity contribution < 1.29 is 14.2 Å². The van der Waals surface area contributed by atoms with E-state index in [4.69, 9.17) is 14.2 Å². The van der Waals surface area contributed by atoms with Gasteiger partial charge in [-0.25, -0.2) is 0 Å². The Balaban J connectivity index is 1.70. The zero-order valence-corrected chi connectivity index (χ0v) is 10.2. The van der Waals surface area contributed by atoms with Crippen LogP contribution >= 0.6 is 0 Å². The topological polar surface area (TPSA) is 27.7 Å². The third-order valence-corrected chi connectivity index (χ3v) is 4.35. The van der Waals surface area contributed by atoms with E-state index in [0.29, 0.717) is 0 Å². The summed E-state index contributed by atoms with van der Waals surface area (Å²) in [5.41, 5.74) is -0.103. The van der Waals surface area contributed by atoms with Crippen molar-refractivity contribution in [3.63, 3.8) is 0 Å². The molecule has 92 valence electrons. The SMILES string of the molecule is C[C@]1([C@H]2CCCO2)CC[C@@]2(CCCCO2)O1. The van der Waals surface area contributed by atoms with Gasteiger partial charge in [-0.3, -0.25) is 0 Å². The first-order valence-electron chi connectivity index (χ1n) is 6.68. The summed E-state index contributed by atoms with van der Waals surface area (Å²) in [6.45, 7) is 3.97. The van der Waals surface area contributed by atoms with Crippen molar-refractivity contribution in [2.45, 2.75) is 69.4 Å². The quantitative estimate of drug-likeness (QED) is 0.688. The molecule has 0 N–H and O–H groups in total. The van der Waals surface area contributed by atoms with E-state index < -0.39 is 0 Å². The third-order valence-electron chi connectivity index (χ3n) is 4.35. The second-order valence-electron chi connectivity index (χ2n) is 5.63. The molecule has 0 unspecified atom stereocenters. The maximum absolute atomic E-state index is 6.31. The molecule has 3 aliphatic heterocycles. The van der Waals surface area contributed by atoms with Crippen molar-refractivity contribution in [2.24, 2.45) is 0 Å². The molecule has 0 aromatic heterocycles. The Hall–Kier alpha value is -0.120. The fourth-order valence-corrected chi connectivity index (χ4v) is 3.36. The maximum atomic E-state index is 6.31. The molecule has 3 heteroatoms. The van der Waals surface area contributed by atoms with Gasteiger partial charge >= 0.3 is 0 Å². The Morgan fingerprint density at radius 3 is 2.62 bits per heavy atom. The molecule has 3 rings (SSSR count). The molecule has 0 amide bonds. The van der Waals surface area contributed by atoms with E-state index in [2.05, 4.69) is 6.92 Å². The molecule has 3 saturated heterocycles. The summed E-state index contributed by atoms with van der Waals surface area (Å²) in [6, 6.07) is 0. The van der Waals surface area contributed by atoms with Crippen LogP contribution in [0.15, 0.2) is 0 Å². The lowest BCUT2D eigenvalue weighted by atomic mass is 9.92. The molecule has 3 nitrogen and oxygen atoms in total. The molecule has 3 heterocycles. The standard InChI is InChI=1S/C13H22O3/c1-12(11-5-4-9-14-11)7-8-13(16-12)6-2-3-10-15-13/h11H,2-10H2,1H3/t11-,12-,13-/m1/s1. The summed E-state index contributed by atoms with van der Waals surface area (Å²) in [5, 5.41) is 0. The van der Waals surface area contributed by atoms with E-state index in [9.17, 15) is 0 Å². The lowest BCUT2D eigenvalue weighted by Crippen LogP contribution is -2.44. The molecule has 3 atom stereocenters. The third kappa shape index (κ3) is 1.79. The molecular formula is C13H22O3. The average molecular weight is 226 g/mol. The van der Waals surface area contributed by atoms with Crippen molar-refractivity contribution in [1.82, 2.24) is 0 Å². The van der Waals surface area contributed by atoms with Crippen LogP contribution in [0.3, 0.4) is 0 Å². The van der Waals surface area contributed by atoms with Crippen LogP contribution in [0.2, 0.25) is 0 Å². The monoisotopic (exact) mass is 226 g/mol. The van der Waals surface area contributed by atoms with Gasteiger partial charge in [0.25, 0.3) is 0 Å². The molecule has 0 aromatic carbocycles. The molecule has 16 heavy (non-hydrogen) atoms. The van der Waals surface area contributed by atoms with Gasteiger partial charge in [0.2, 0.25) is 0 Å². The number of hydrogen-bond acceptors (Lipinski definition) is 3. The van der Waals surface area contributed by atoms with Gasteiger partial charge in [-0.15, -0.1) is 0 Å². The lowest BCUT2D eigenvalue weighted by molar-refractivity contribution is -0.278. The summed E-state index contributed by atoms with van der Waals surface area (Å²) < 4.78 is 18.0. The fraction of sp³-hybridized carbons (Fsp3) is 1.00. The van der Waals surface area contributed by atoms with E-state index >= 15 is 0 Å². The predicted molar refractivity (Wildman–Crippen MR) is 60.2 cm³/mol. The highest BCUT2D eigenvalue weighted by Crippen LogP contribution is 2.47. The normalized spacial score (nSPS) is 48.9. The van der Waals surface area contributed by atoms with Gasteiger partial charge in [-0.1, -0.05) is 0 Å². The zero-order valence-electron chi connectivity index (χ0n) is 10.2. The van der Waals surface area contributed by atoms with E-state index in [1.165, 1.54) is 19.3 Å². The van der Waals surface area contributed by atoms with E-state index in [1.54, 1.807) is 0 Å². The first-order valence-corrected chi connectivity index (χ1v) is 6.68. The highest BCUT2D eigenvalue weighted by Gasteiger charge is 2.52. The Bertz CT molecular complexity index is 254. The molecule has 0 bridgehead atoms. The minimum atomic E-state index is -0.265. The minimum absolute atomic E-state index is 0.103. The first kappa shape index (κ1) is 11.0. The molecule has 0 radical (unpaired) electrons. The Labute approximate surface area is 97.4 Å². The average Bonchev–Trinajstić information content (AvgIpc) is 2.90. The van der Waals surface area contributed by atoms with Crippen molar-refractivity contribution in [3.8, 4) is 0 Å². The van der Waals surface area contributed by atoms with E-state index in [1.807, 2.05) is 0 Å². The molecule has 3 aliphatic rings. The second kappa shape index (κ2) is 3.97. The lowest BCUT2D eigenvalue weighted by Gasteiger charge is -2.37. The van der Waals surface area contributed by atoms with Gasteiger partial charge in [-0.05, 0) is 39.0 Å². The largest absolute Gasteiger partial charge is 0.375 e. The second-order valence-corrected chi connectivity index (χ2v) is 5.63. The summed E-state index contributed by atoms with van der Waals surface area (Å²) in [7, 11) is 0. The summed E-state index contributed by atoms with van der Waals surface area (Å²) >= 11 is 0. The smallest absolute Gasteiger partial charge is 0.169 e. The van der Waals surface area contributed by atoms with Crippen LogP contribution in [-0.4, -0.2) is 30.7 Å². The highest BCUT2D eigenvalue weighted by molar-refractivity contribution is 4.97. The zero-order chi connectivity index (χ0) is 11.1. The molecule has 3 fully saturated rings. The van der Waals surface area contributed by atoms with Crippen molar-refractivity contribution in [3.05, 3.63) is 0 Å². The van der Waals surface area contributed by atoms with Crippen molar-refractivity contribution in [1.29, 1.82) is 0 Å². The number of ether oxygens (including phenoxy) is 3. The molecular weight excluding hydrogens is 204 g/mol. The number of hydrogen-bond donors (Lipinski definition) is 0. The summed E-state index contributed by atoms with van der Waals surface area (Å²) in [4.78, 5) is 0. The molecule has 0 aliphatic carbocycles. The number of rotatable bonds is 1. The van der Waals surface area contributed by atoms with Crippen molar-refractivity contribution in [2.75, 3.05) is 13.2 Å². The van der Waals surface area contributed by atoms with Crippen LogP contribution in [0.4, 0.5) is 0 Å². The Kier molecular flexibility index (Phi) is 2.73. The highest BCUT2D eigenvalue weighted by atomic mass is 16.7. The Morgan fingerprint density at radius 1 is 1.00 bits per heavy atom. The van der Waals surface area contributed by atoms with Gasteiger partial charge < -0.3 is 14.2 Å². The van der Waals surface area contributed by atoms with Crippen molar-refractivity contribution >= 4 is 0 Å². The predicted octanol–water partition coefficient (Wildman–Crippen LogP) is 2.63. The fourth-order valence-electron chi connectivity index (χ4n) is 3.36. The molecule has 0 saturated carbocycles. The van der Waals surface area contributed by atoms with E-state index in [0.717, 1.165) is 38.9 Å². The minimum Gasteiger partial charge on any atom is -0.375 e. The van der Waals surface area contributed by atoms with Gasteiger partial charge in [-0.2, -0.15) is 0 Å². The molecule has 0 aromatic rings. The summed E-state index contributed by atoms with van der Waals surface area (Å²) in [5.74, 6) is -0.265. The van der Waals surface area contributed by atoms with Crippen LogP contribution in [0.5, 0.6) is 0 Å². The van der Waals surface area contributed by atoms with Crippen LogP contribution in [0, 0.1) is 0 Å². The van der Waals surface area contributed by atoms with Crippen LogP contribution in [0.1, 0.15) is 51.9 Å². The van der Waals surface area contributed by atoms with Crippen LogP contribution in [0.25, 0.3) is 0 Å². The van der Waals surface area contributed by atoms with Gasteiger partial charge in [0.05, 0.1) is 18.3 Å². The van der Waals surface area contributed by atoms with Crippen LogP contribution in [-0.2, 0) is 14.2 Å². The van der Waals surface area contributed by atoms with Crippen LogP contribution < -0.4 is 0 Å². The Morgan fingerprint density at radius 2 is 1.94 bits per heavy atom. The first-order chi connectivity index (χ1) is 7.73. The van der Waals surface area contributed by atoms with E-state index in [-0.39, 0.29) is 17.5 Å². The summed E-state index contributed by atoms with van der Waals surface area (Å²) in [6.07, 6.45) is 8.22. The molecule has 1 spiro atoms.